The van der Waals surface area contributed by atoms with Gasteiger partial charge in [0.2, 0.25) is 0 Å². The van der Waals surface area contributed by atoms with Crippen molar-refractivity contribution < 1.29 is 4.79 Å². The van der Waals surface area contributed by atoms with Crippen molar-refractivity contribution in [3.63, 3.8) is 0 Å². The van der Waals surface area contributed by atoms with Crippen LogP contribution in [0.15, 0.2) is 42.6 Å². The van der Waals surface area contributed by atoms with Crippen molar-refractivity contribution in [1.29, 1.82) is 0 Å². The van der Waals surface area contributed by atoms with Gasteiger partial charge in [0.25, 0.3) is 5.91 Å². The number of benzene rings is 1. The summed E-state index contributed by atoms with van der Waals surface area (Å²) in [5, 5.41) is 0. The fraction of sp³-hybridized carbons (Fsp3) is 0.200. The number of amides is 1. The number of carbonyl (C=O) groups excluding carboxylic acids is 1. The summed E-state index contributed by atoms with van der Waals surface area (Å²) in [4.78, 5) is 20.7. The van der Waals surface area contributed by atoms with E-state index in [1.807, 2.05) is 31.3 Å². The Labute approximate surface area is 123 Å². The maximum Gasteiger partial charge on any atom is 0.276 e. The fourth-order valence-electron chi connectivity index (χ4n) is 2.46. The zero-order chi connectivity index (χ0) is 14.8. The van der Waals surface area contributed by atoms with Crippen LogP contribution in [-0.2, 0) is 0 Å². The number of pyridine rings is 1. The van der Waals surface area contributed by atoms with Crippen LogP contribution in [0.4, 0.5) is 17.1 Å². The minimum atomic E-state index is -0.0980. The molecule has 1 amide bonds. The van der Waals surface area contributed by atoms with Gasteiger partial charge in [-0.3, -0.25) is 10.6 Å². The molecule has 6 heteroatoms. The first-order chi connectivity index (χ1) is 10.2. The van der Waals surface area contributed by atoms with E-state index in [1.165, 1.54) is 0 Å². The van der Waals surface area contributed by atoms with Gasteiger partial charge >= 0.3 is 0 Å². The molecule has 1 aromatic heterocycles. The summed E-state index contributed by atoms with van der Waals surface area (Å²) >= 11 is 0. The third-order valence-corrected chi connectivity index (χ3v) is 3.64. The van der Waals surface area contributed by atoms with Crippen molar-refractivity contribution in [3.8, 4) is 0 Å². The zero-order valence-electron chi connectivity index (χ0n) is 11.8. The van der Waals surface area contributed by atoms with E-state index in [1.54, 1.807) is 23.2 Å². The number of nitrogens with zero attached hydrogens (tertiary/aromatic N) is 3. The number of nitrogens with one attached hydrogen (secondary N) is 1. The highest BCUT2D eigenvalue weighted by Gasteiger charge is 2.26. The Morgan fingerprint density at radius 3 is 2.62 bits per heavy atom. The number of nitrogen functional groups attached to an aromatic ring is 1. The highest BCUT2D eigenvalue weighted by atomic mass is 16.2. The average molecular weight is 283 g/mol. The largest absolute Gasteiger partial charge is 0.371 e. The summed E-state index contributed by atoms with van der Waals surface area (Å²) in [6.45, 7) is 1.44. The van der Waals surface area contributed by atoms with Gasteiger partial charge < -0.3 is 15.2 Å². The van der Waals surface area contributed by atoms with Crippen molar-refractivity contribution in [3.05, 3.63) is 48.3 Å². The van der Waals surface area contributed by atoms with Crippen molar-refractivity contribution in [2.45, 2.75) is 0 Å². The topological polar surface area (TPSA) is 74.5 Å². The van der Waals surface area contributed by atoms with Crippen molar-refractivity contribution in [2.24, 2.45) is 5.84 Å². The molecule has 0 fully saturated rings. The number of hydrogen-bond donors (Lipinski definition) is 2. The molecule has 1 aromatic carbocycles. The molecular formula is C15H17N5O. The number of hydrazine groups is 1. The van der Waals surface area contributed by atoms with E-state index >= 15 is 0 Å². The molecule has 0 radical (unpaired) electrons. The van der Waals surface area contributed by atoms with Crippen LogP contribution in [0, 0.1) is 0 Å². The Balaban J connectivity index is 1.93. The smallest absolute Gasteiger partial charge is 0.276 e. The Morgan fingerprint density at radius 1 is 1.19 bits per heavy atom. The standard InChI is InChI=1S/C15H17N5O/c1-19-8-9-20(14-5-3-2-4-13(14)19)15(21)12-7-6-11(18-16)10-17-12/h2-7,10,18H,8-9,16H2,1H3. The fourth-order valence-corrected chi connectivity index (χ4v) is 2.46. The SMILES string of the molecule is CN1CCN(C(=O)c2ccc(NN)cn2)c2ccccc21. The van der Waals surface area contributed by atoms with E-state index in [-0.39, 0.29) is 5.91 Å². The molecule has 3 rings (SSSR count). The number of rotatable bonds is 2. The maximum atomic E-state index is 12.7. The van der Waals surface area contributed by atoms with Crippen LogP contribution < -0.4 is 21.1 Å². The molecule has 0 bridgehead atoms. The summed E-state index contributed by atoms with van der Waals surface area (Å²) in [7, 11) is 2.03. The average Bonchev–Trinajstić information content (AvgIpc) is 2.55. The Kier molecular flexibility index (Phi) is 3.45. The highest BCUT2D eigenvalue weighted by molar-refractivity contribution is 6.07. The molecule has 0 aliphatic carbocycles. The molecule has 0 unspecified atom stereocenters. The molecule has 0 saturated carbocycles. The quantitative estimate of drug-likeness (QED) is 0.645. The van der Waals surface area contributed by atoms with Gasteiger partial charge in [0.1, 0.15) is 5.69 Å². The van der Waals surface area contributed by atoms with Crippen LogP contribution >= 0.6 is 0 Å². The summed E-state index contributed by atoms with van der Waals surface area (Å²) in [5.74, 6) is 5.21. The van der Waals surface area contributed by atoms with Crippen molar-refractivity contribution in [2.75, 3.05) is 35.4 Å². The van der Waals surface area contributed by atoms with Gasteiger partial charge in [0.15, 0.2) is 0 Å². The van der Waals surface area contributed by atoms with Crippen LogP contribution in [0.2, 0.25) is 0 Å². The summed E-state index contributed by atoms with van der Waals surface area (Å²) in [6.07, 6.45) is 1.55. The number of hydrogen-bond acceptors (Lipinski definition) is 5. The highest BCUT2D eigenvalue weighted by Crippen LogP contribution is 2.32. The summed E-state index contributed by atoms with van der Waals surface area (Å²) in [6, 6.07) is 11.3. The number of likely N-dealkylation sites (N-methyl/N-ethyl adjacent to an activating group) is 1. The number of carbonyl (C=O) groups is 1. The molecule has 0 spiro atoms. The van der Waals surface area contributed by atoms with Gasteiger partial charge in [0.05, 0.1) is 23.3 Å². The molecule has 0 atom stereocenters. The minimum Gasteiger partial charge on any atom is -0.371 e. The monoisotopic (exact) mass is 283 g/mol. The lowest BCUT2D eigenvalue weighted by Gasteiger charge is -2.35. The second-order valence-electron chi connectivity index (χ2n) is 4.94. The number of para-hydroxylation sites is 2. The number of anilines is 3. The predicted molar refractivity (Wildman–Crippen MR) is 83.4 cm³/mol. The summed E-state index contributed by atoms with van der Waals surface area (Å²) in [5.41, 5.74) is 5.55. The molecule has 2 heterocycles. The molecule has 1 aliphatic rings. The Morgan fingerprint density at radius 2 is 1.95 bits per heavy atom. The first kappa shape index (κ1) is 13.4. The van der Waals surface area contributed by atoms with Gasteiger partial charge in [-0.25, -0.2) is 4.98 Å². The van der Waals surface area contributed by atoms with Gasteiger partial charge in [-0.2, -0.15) is 0 Å². The number of aromatic nitrogens is 1. The third-order valence-electron chi connectivity index (χ3n) is 3.64. The van der Waals surface area contributed by atoms with E-state index in [2.05, 4.69) is 15.3 Å². The van der Waals surface area contributed by atoms with Gasteiger partial charge in [-0.1, -0.05) is 12.1 Å². The van der Waals surface area contributed by atoms with Crippen LogP contribution in [-0.4, -0.2) is 31.0 Å². The van der Waals surface area contributed by atoms with E-state index in [9.17, 15) is 4.79 Å². The van der Waals surface area contributed by atoms with Crippen LogP contribution in [0.5, 0.6) is 0 Å². The molecule has 6 nitrogen and oxygen atoms in total. The second-order valence-corrected chi connectivity index (χ2v) is 4.94. The van der Waals surface area contributed by atoms with E-state index in [4.69, 9.17) is 5.84 Å². The predicted octanol–water partition coefficient (Wildman–Crippen LogP) is 1.46. The number of fused-ring (bicyclic) bond motifs is 1. The summed E-state index contributed by atoms with van der Waals surface area (Å²) < 4.78 is 0. The second kappa shape index (κ2) is 5.41. The van der Waals surface area contributed by atoms with Gasteiger partial charge in [-0.15, -0.1) is 0 Å². The van der Waals surface area contributed by atoms with Crippen molar-refractivity contribution in [1.82, 2.24) is 4.98 Å². The molecule has 108 valence electrons. The third kappa shape index (κ3) is 2.41. The molecule has 21 heavy (non-hydrogen) atoms. The lowest BCUT2D eigenvalue weighted by atomic mass is 10.1. The maximum absolute atomic E-state index is 12.7. The first-order valence-corrected chi connectivity index (χ1v) is 6.75. The van der Waals surface area contributed by atoms with E-state index in [0.29, 0.717) is 17.9 Å². The molecule has 2 aromatic rings. The zero-order valence-corrected chi connectivity index (χ0v) is 11.8. The number of nitrogens with two attached hydrogens (primary N) is 1. The minimum absolute atomic E-state index is 0.0980. The Hall–Kier alpha value is -2.60. The first-order valence-electron chi connectivity index (χ1n) is 6.75. The van der Waals surface area contributed by atoms with E-state index < -0.39 is 0 Å². The molecule has 3 N–H and O–H groups in total. The van der Waals surface area contributed by atoms with Crippen LogP contribution in [0.3, 0.4) is 0 Å². The van der Waals surface area contributed by atoms with Crippen molar-refractivity contribution >= 4 is 23.0 Å². The molecule has 1 aliphatic heterocycles. The lowest BCUT2D eigenvalue weighted by Crippen LogP contribution is -2.42. The lowest BCUT2D eigenvalue weighted by molar-refractivity contribution is 0.0982. The normalized spacial score (nSPS) is 13.8. The molecule has 0 saturated heterocycles. The van der Waals surface area contributed by atoms with Gasteiger partial charge in [-0.05, 0) is 24.3 Å². The molecular weight excluding hydrogens is 266 g/mol. The van der Waals surface area contributed by atoms with Gasteiger partial charge in [0, 0.05) is 20.1 Å². The van der Waals surface area contributed by atoms with E-state index in [0.717, 1.165) is 17.9 Å². The Bertz CT molecular complexity index is 655. The van der Waals surface area contributed by atoms with Crippen LogP contribution in [0.1, 0.15) is 10.5 Å². The van der Waals surface area contributed by atoms with Crippen LogP contribution in [0.25, 0.3) is 0 Å².